The van der Waals surface area contributed by atoms with Crippen LogP contribution >= 0.6 is 0 Å². The maximum Gasteiger partial charge on any atom is 0.337 e. The molecule has 6 rings (SSSR count). The van der Waals surface area contributed by atoms with Gasteiger partial charge in [-0.2, -0.15) is 4.98 Å². The van der Waals surface area contributed by atoms with Gasteiger partial charge in [-0.25, -0.2) is 19.3 Å². The molecule has 1 aliphatic rings. The number of rotatable bonds is 5. The number of aryl methyl sites for hydroxylation is 1. The summed E-state index contributed by atoms with van der Waals surface area (Å²) in [6, 6.07) is 16.9. The number of nitrogens with zero attached hydrogens (tertiary/aromatic N) is 7. The molecule has 4 heterocycles. The lowest BCUT2D eigenvalue weighted by Gasteiger charge is -2.31. The molecule has 0 aliphatic carbocycles. The Kier molecular flexibility index (Phi) is 6.66. The zero-order valence-electron chi connectivity index (χ0n) is 22.5. The average molecular weight is 535 g/mol. The van der Waals surface area contributed by atoms with Gasteiger partial charge in [0.15, 0.2) is 11.2 Å². The van der Waals surface area contributed by atoms with Crippen LogP contribution in [0.1, 0.15) is 31.3 Å². The monoisotopic (exact) mass is 534 g/mol. The van der Waals surface area contributed by atoms with E-state index in [2.05, 4.69) is 26.7 Å². The number of aromatic nitrogens is 6. The van der Waals surface area contributed by atoms with E-state index in [0.717, 1.165) is 36.0 Å². The van der Waals surface area contributed by atoms with Gasteiger partial charge in [0, 0.05) is 30.2 Å². The summed E-state index contributed by atoms with van der Waals surface area (Å²) < 4.78 is 4.50. The summed E-state index contributed by atoms with van der Waals surface area (Å²) in [6.07, 6.45) is 1.84. The van der Waals surface area contributed by atoms with Crippen LogP contribution in [0.5, 0.6) is 0 Å². The van der Waals surface area contributed by atoms with Gasteiger partial charge in [0.05, 0.1) is 24.3 Å². The second-order valence-electron chi connectivity index (χ2n) is 10.0. The molecule has 5 aromatic rings. The summed E-state index contributed by atoms with van der Waals surface area (Å²) in [4.78, 5) is 44.6. The fraction of sp³-hybridized carbons (Fsp3) is 0.300. The SMILES string of the molecule is CC#CCn1c(N2CCCC(N)C2)nc2c1c(=O)n(Cc1nc(C)c3ccccc3n1)c(=O)n2-c1ccccc1. The van der Waals surface area contributed by atoms with Gasteiger partial charge in [0.2, 0.25) is 5.95 Å². The van der Waals surface area contributed by atoms with Crippen LogP contribution in [-0.2, 0) is 13.1 Å². The molecule has 40 heavy (non-hydrogen) atoms. The molecule has 1 atom stereocenters. The van der Waals surface area contributed by atoms with Gasteiger partial charge in [-0.3, -0.25) is 13.9 Å². The largest absolute Gasteiger partial charge is 0.341 e. The number of piperidine rings is 1. The van der Waals surface area contributed by atoms with E-state index in [1.54, 1.807) is 6.92 Å². The first kappa shape index (κ1) is 25.5. The molecule has 10 nitrogen and oxygen atoms in total. The van der Waals surface area contributed by atoms with Gasteiger partial charge < -0.3 is 10.6 Å². The molecule has 10 heteroatoms. The van der Waals surface area contributed by atoms with E-state index in [-0.39, 0.29) is 19.1 Å². The Balaban J connectivity index is 1.63. The number of para-hydroxylation sites is 2. The van der Waals surface area contributed by atoms with Crippen LogP contribution in [0.4, 0.5) is 5.95 Å². The normalized spacial score (nSPS) is 15.4. The van der Waals surface area contributed by atoms with E-state index < -0.39 is 11.2 Å². The third-order valence-electron chi connectivity index (χ3n) is 7.32. The second kappa shape index (κ2) is 10.4. The van der Waals surface area contributed by atoms with Crippen molar-refractivity contribution in [2.75, 3.05) is 18.0 Å². The zero-order valence-corrected chi connectivity index (χ0v) is 22.5. The van der Waals surface area contributed by atoms with E-state index in [0.29, 0.717) is 35.2 Å². The predicted molar refractivity (Wildman–Crippen MR) is 156 cm³/mol. The number of imidazole rings is 1. The lowest BCUT2D eigenvalue weighted by molar-refractivity contribution is 0.496. The molecule has 1 aliphatic heterocycles. The minimum atomic E-state index is -0.508. The summed E-state index contributed by atoms with van der Waals surface area (Å²) in [5, 5.41) is 0.927. The Bertz CT molecular complexity index is 1910. The molecule has 202 valence electrons. The number of hydrogen-bond donors (Lipinski definition) is 1. The van der Waals surface area contributed by atoms with E-state index in [1.165, 1.54) is 9.13 Å². The highest BCUT2D eigenvalue weighted by Gasteiger charge is 2.27. The molecule has 0 amide bonds. The molecule has 2 N–H and O–H groups in total. The van der Waals surface area contributed by atoms with Gasteiger partial charge in [-0.05, 0) is 44.9 Å². The molecule has 1 saturated heterocycles. The van der Waals surface area contributed by atoms with Crippen LogP contribution in [0.2, 0.25) is 0 Å². The van der Waals surface area contributed by atoms with E-state index in [1.807, 2.05) is 66.1 Å². The molecular formula is C30H30N8O2. The van der Waals surface area contributed by atoms with Crippen LogP contribution in [0.3, 0.4) is 0 Å². The minimum Gasteiger partial charge on any atom is -0.341 e. The Morgan fingerprint density at radius 1 is 1.00 bits per heavy atom. The first-order valence-corrected chi connectivity index (χ1v) is 13.4. The van der Waals surface area contributed by atoms with Crippen LogP contribution < -0.4 is 21.9 Å². The van der Waals surface area contributed by atoms with Crippen LogP contribution in [-0.4, -0.2) is 47.8 Å². The highest BCUT2D eigenvalue weighted by Crippen LogP contribution is 2.24. The molecule has 2 aromatic carbocycles. The van der Waals surface area contributed by atoms with Crippen LogP contribution in [0, 0.1) is 18.8 Å². The van der Waals surface area contributed by atoms with Crippen molar-refractivity contribution in [3.63, 3.8) is 0 Å². The molecule has 1 fully saturated rings. The van der Waals surface area contributed by atoms with E-state index in [4.69, 9.17) is 10.7 Å². The van der Waals surface area contributed by atoms with Crippen molar-refractivity contribution in [2.45, 2.75) is 45.8 Å². The molecule has 1 unspecified atom stereocenters. The summed E-state index contributed by atoms with van der Waals surface area (Å²) in [5.41, 5.74) is 8.08. The average Bonchev–Trinajstić information content (AvgIpc) is 3.34. The van der Waals surface area contributed by atoms with Crippen molar-refractivity contribution in [3.05, 3.63) is 87.0 Å². The maximum atomic E-state index is 14.2. The van der Waals surface area contributed by atoms with Crippen molar-refractivity contribution in [3.8, 4) is 17.5 Å². The Labute approximate surface area is 230 Å². The standard InChI is InChI=1S/C30H30N8O2/c1-3-4-17-36-26-27(34-29(36)35-16-10-11-21(31)18-35)38(22-12-6-5-7-13-22)30(40)37(28(26)39)19-25-32-20(2)23-14-8-9-15-24(23)33-25/h5-9,12-15,21H,10-11,16-19,31H2,1-2H3. The van der Waals surface area contributed by atoms with Crippen molar-refractivity contribution in [2.24, 2.45) is 5.73 Å². The smallest absolute Gasteiger partial charge is 0.337 e. The van der Waals surface area contributed by atoms with E-state index >= 15 is 0 Å². The predicted octanol–water partition coefficient (Wildman–Crippen LogP) is 2.60. The van der Waals surface area contributed by atoms with Crippen molar-refractivity contribution >= 4 is 28.0 Å². The van der Waals surface area contributed by atoms with Crippen molar-refractivity contribution in [1.82, 2.24) is 28.7 Å². The third-order valence-corrected chi connectivity index (χ3v) is 7.32. The lowest BCUT2D eigenvalue weighted by atomic mass is 10.1. The second-order valence-corrected chi connectivity index (χ2v) is 10.0. The Morgan fingerprint density at radius 3 is 2.55 bits per heavy atom. The summed E-state index contributed by atoms with van der Waals surface area (Å²) >= 11 is 0. The third kappa shape index (κ3) is 4.44. The maximum absolute atomic E-state index is 14.2. The number of hydrogen-bond acceptors (Lipinski definition) is 7. The van der Waals surface area contributed by atoms with Gasteiger partial charge >= 0.3 is 5.69 Å². The molecule has 0 saturated carbocycles. The van der Waals surface area contributed by atoms with Gasteiger partial charge in [0.1, 0.15) is 5.82 Å². The molecule has 0 bridgehead atoms. The molecule has 0 spiro atoms. The first-order valence-electron chi connectivity index (χ1n) is 13.4. The van der Waals surface area contributed by atoms with Crippen molar-refractivity contribution < 1.29 is 0 Å². The summed E-state index contributed by atoms with van der Waals surface area (Å²) in [5.74, 6) is 6.98. The highest BCUT2D eigenvalue weighted by atomic mass is 16.2. The quantitative estimate of drug-likeness (QED) is 0.345. The van der Waals surface area contributed by atoms with Gasteiger partial charge in [-0.15, -0.1) is 5.92 Å². The Hall–Kier alpha value is -4.75. The molecular weight excluding hydrogens is 504 g/mol. The fourth-order valence-electron chi connectivity index (χ4n) is 5.42. The van der Waals surface area contributed by atoms with Crippen molar-refractivity contribution in [1.29, 1.82) is 0 Å². The number of benzene rings is 2. The fourth-order valence-corrected chi connectivity index (χ4v) is 5.42. The van der Waals surface area contributed by atoms with Gasteiger partial charge in [0.25, 0.3) is 5.56 Å². The highest BCUT2D eigenvalue weighted by molar-refractivity contribution is 5.80. The number of nitrogens with two attached hydrogens (primary N) is 1. The summed E-state index contributed by atoms with van der Waals surface area (Å²) in [7, 11) is 0. The van der Waals surface area contributed by atoms with Crippen LogP contribution in [0.25, 0.3) is 27.8 Å². The zero-order chi connectivity index (χ0) is 27.8. The topological polar surface area (TPSA) is 117 Å². The number of anilines is 1. The molecule has 0 radical (unpaired) electrons. The minimum absolute atomic E-state index is 0.000498. The molecule has 3 aromatic heterocycles. The Morgan fingerprint density at radius 2 is 1.77 bits per heavy atom. The summed E-state index contributed by atoms with van der Waals surface area (Å²) in [6.45, 7) is 5.19. The first-order chi connectivity index (χ1) is 19.5. The van der Waals surface area contributed by atoms with Crippen LogP contribution in [0.15, 0.2) is 64.2 Å². The lowest BCUT2D eigenvalue weighted by Crippen LogP contribution is -2.44. The van der Waals surface area contributed by atoms with Gasteiger partial charge in [-0.1, -0.05) is 42.3 Å². The number of fused-ring (bicyclic) bond motifs is 2. The van der Waals surface area contributed by atoms with E-state index in [9.17, 15) is 9.59 Å².